The molecule has 1 aromatic rings. The van der Waals surface area contributed by atoms with Crippen LogP contribution in [0.4, 0.5) is 10.5 Å². The number of allylic oxidation sites excluding steroid dienone is 1. The predicted molar refractivity (Wildman–Crippen MR) is 156 cm³/mol. The third-order valence-corrected chi connectivity index (χ3v) is 14.8. The second-order valence-electron chi connectivity index (χ2n) is 14.3. The minimum atomic E-state index is -2.09. The topological polar surface area (TPSA) is 68.3 Å². The molecule has 4 heterocycles. The Morgan fingerprint density at radius 3 is 2.44 bits per heavy atom. The molecule has 8 heteroatoms. The van der Waals surface area contributed by atoms with E-state index in [0.29, 0.717) is 19.6 Å². The number of fused-ring (bicyclic) bond motifs is 3. The van der Waals surface area contributed by atoms with Crippen molar-refractivity contribution in [2.24, 2.45) is 11.8 Å². The molecule has 0 N–H and O–H groups in total. The van der Waals surface area contributed by atoms with Crippen LogP contribution in [0, 0.1) is 11.8 Å². The van der Waals surface area contributed by atoms with Crippen molar-refractivity contribution < 1.29 is 23.5 Å². The summed E-state index contributed by atoms with van der Waals surface area (Å²) in [5, 5.41) is 0.0619. The van der Waals surface area contributed by atoms with Crippen LogP contribution < -0.4 is 9.64 Å². The molecule has 5 aliphatic rings. The standard InChI is InChI=1S/C31H46N2O5Si/c1-11-21-22-14-15-31-30(16-17-32(31)26(21)34,24(22)19-37-39(9,10)29(5,6)7)23-18-20(36-8)12-13-25(23)33(31)27(35)38-28(2,3)4/h11-13,18,22,24H,14-17,19H2,1-10H3/b21-11+/t22-,24+,30-,31+/m0/s1. The van der Waals surface area contributed by atoms with Crippen molar-refractivity contribution in [3.05, 3.63) is 35.4 Å². The van der Waals surface area contributed by atoms with E-state index < -0.39 is 31.1 Å². The van der Waals surface area contributed by atoms with Gasteiger partial charge in [-0.25, -0.2) is 4.79 Å². The Labute approximate surface area is 235 Å². The lowest BCUT2D eigenvalue weighted by Crippen LogP contribution is -2.69. The Bertz CT molecular complexity index is 1230. The lowest BCUT2D eigenvalue weighted by atomic mass is 9.54. The molecule has 4 fully saturated rings. The molecule has 1 aliphatic carbocycles. The first kappa shape index (κ1) is 28.2. The second-order valence-corrected chi connectivity index (χ2v) is 19.1. The van der Waals surface area contributed by atoms with Crippen molar-refractivity contribution in [2.75, 3.05) is 25.2 Å². The Morgan fingerprint density at radius 2 is 1.85 bits per heavy atom. The fourth-order valence-electron chi connectivity index (χ4n) is 7.66. The zero-order valence-corrected chi connectivity index (χ0v) is 26.4. The van der Waals surface area contributed by atoms with Crippen LogP contribution >= 0.6 is 0 Å². The molecule has 2 amide bonds. The van der Waals surface area contributed by atoms with Crippen LogP contribution in [0.25, 0.3) is 0 Å². The first-order valence-corrected chi connectivity index (χ1v) is 17.3. The molecule has 4 atom stereocenters. The molecule has 0 radical (unpaired) electrons. The summed E-state index contributed by atoms with van der Waals surface area (Å²) >= 11 is 0. The van der Waals surface area contributed by atoms with Gasteiger partial charge in [-0.05, 0) is 94.8 Å². The molecule has 1 aromatic carbocycles. The minimum absolute atomic E-state index is 0.0290. The third kappa shape index (κ3) is 3.76. The average Bonchev–Trinajstić information content (AvgIpc) is 3.24. The van der Waals surface area contributed by atoms with Crippen LogP contribution in [0.1, 0.15) is 73.3 Å². The smallest absolute Gasteiger partial charge is 0.416 e. The molecule has 1 spiro atoms. The van der Waals surface area contributed by atoms with Gasteiger partial charge in [0.1, 0.15) is 17.0 Å². The van der Waals surface area contributed by atoms with E-state index in [1.165, 1.54) is 0 Å². The van der Waals surface area contributed by atoms with Gasteiger partial charge in [0, 0.05) is 30.1 Å². The fourth-order valence-corrected chi connectivity index (χ4v) is 8.68. The van der Waals surface area contributed by atoms with Crippen LogP contribution in [-0.2, 0) is 19.4 Å². The Balaban J connectivity index is 1.76. The molecule has 6 rings (SSSR count). The monoisotopic (exact) mass is 554 g/mol. The molecule has 4 aliphatic heterocycles. The summed E-state index contributed by atoms with van der Waals surface area (Å²) in [6.07, 6.45) is 3.90. The molecule has 4 bridgehead atoms. The van der Waals surface area contributed by atoms with Crippen LogP contribution in [0.5, 0.6) is 5.75 Å². The molecule has 0 aromatic heterocycles. The first-order chi connectivity index (χ1) is 18.1. The van der Waals surface area contributed by atoms with Gasteiger partial charge in [0.2, 0.25) is 0 Å². The highest BCUT2D eigenvalue weighted by Gasteiger charge is 2.77. The summed E-state index contributed by atoms with van der Waals surface area (Å²) in [5.74, 6) is 0.888. The van der Waals surface area contributed by atoms with Gasteiger partial charge in [0.05, 0.1) is 12.8 Å². The second kappa shape index (κ2) is 8.84. The van der Waals surface area contributed by atoms with E-state index in [4.69, 9.17) is 13.9 Å². The number of hydrogen-bond donors (Lipinski definition) is 0. The number of carbonyl (C=O) groups is 2. The molecular formula is C31H46N2O5Si. The predicted octanol–water partition coefficient (Wildman–Crippen LogP) is 6.62. The molecule has 7 nitrogen and oxygen atoms in total. The van der Waals surface area contributed by atoms with Gasteiger partial charge >= 0.3 is 6.09 Å². The van der Waals surface area contributed by atoms with Gasteiger partial charge in [-0.15, -0.1) is 0 Å². The van der Waals surface area contributed by atoms with Crippen molar-refractivity contribution in [1.82, 2.24) is 4.90 Å². The highest BCUT2D eigenvalue weighted by Crippen LogP contribution is 2.70. The van der Waals surface area contributed by atoms with Crippen molar-refractivity contribution in [3.8, 4) is 5.75 Å². The third-order valence-electron chi connectivity index (χ3n) is 10.3. The molecule has 0 unspecified atom stereocenters. The maximum Gasteiger partial charge on any atom is 0.416 e. The van der Waals surface area contributed by atoms with Crippen molar-refractivity contribution in [3.63, 3.8) is 0 Å². The normalized spacial score (nSPS) is 30.9. The molecule has 39 heavy (non-hydrogen) atoms. The highest BCUT2D eigenvalue weighted by molar-refractivity contribution is 6.74. The number of benzene rings is 1. The van der Waals surface area contributed by atoms with E-state index in [1.54, 1.807) is 7.11 Å². The Hall–Kier alpha value is -2.32. The number of carbonyl (C=O) groups excluding carboxylic acids is 2. The van der Waals surface area contributed by atoms with Gasteiger partial charge in [0.25, 0.3) is 5.91 Å². The molecule has 3 saturated heterocycles. The van der Waals surface area contributed by atoms with Crippen molar-refractivity contribution in [1.29, 1.82) is 0 Å². The number of anilines is 1. The summed E-state index contributed by atoms with van der Waals surface area (Å²) in [4.78, 5) is 32.3. The summed E-state index contributed by atoms with van der Waals surface area (Å²) in [5.41, 5.74) is 0.759. The highest BCUT2D eigenvalue weighted by atomic mass is 28.4. The largest absolute Gasteiger partial charge is 0.497 e. The maximum atomic E-state index is 14.3. The number of ether oxygens (including phenoxy) is 2. The van der Waals surface area contributed by atoms with E-state index >= 15 is 0 Å². The van der Waals surface area contributed by atoms with E-state index in [1.807, 2.05) is 55.7 Å². The zero-order chi connectivity index (χ0) is 28.8. The summed E-state index contributed by atoms with van der Waals surface area (Å²) < 4.78 is 18.7. The van der Waals surface area contributed by atoms with Crippen LogP contribution in [0.15, 0.2) is 29.8 Å². The van der Waals surface area contributed by atoms with Crippen LogP contribution in [-0.4, -0.2) is 56.7 Å². The van der Waals surface area contributed by atoms with E-state index in [-0.39, 0.29) is 22.8 Å². The molecule has 214 valence electrons. The lowest BCUT2D eigenvalue weighted by Gasteiger charge is -2.55. The van der Waals surface area contributed by atoms with Gasteiger partial charge in [-0.3, -0.25) is 9.69 Å². The maximum absolute atomic E-state index is 14.3. The van der Waals surface area contributed by atoms with Gasteiger partial charge in [0.15, 0.2) is 8.32 Å². The Kier molecular flexibility index (Phi) is 6.39. The van der Waals surface area contributed by atoms with Gasteiger partial charge < -0.3 is 18.8 Å². The molecule has 1 saturated carbocycles. The summed E-state index contributed by atoms with van der Waals surface area (Å²) in [7, 11) is -0.412. The summed E-state index contributed by atoms with van der Waals surface area (Å²) in [6, 6.07) is 5.99. The lowest BCUT2D eigenvalue weighted by molar-refractivity contribution is -0.131. The fraction of sp³-hybridized carbons (Fsp3) is 0.677. The number of amides is 2. The number of rotatable bonds is 4. The van der Waals surface area contributed by atoms with Gasteiger partial charge in [-0.1, -0.05) is 26.8 Å². The van der Waals surface area contributed by atoms with Crippen LogP contribution in [0.3, 0.4) is 0 Å². The Morgan fingerprint density at radius 1 is 1.15 bits per heavy atom. The van der Waals surface area contributed by atoms with Gasteiger partial charge in [-0.2, -0.15) is 0 Å². The zero-order valence-electron chi connectivity index (χ0n) is 25.4. The number of hydrogen-bond acceptors (Lipinski definition) is 5. The number of nitrogens with zero attached hydrogens (tertiary/aromatic N) is 2. The first-order valence-electron chi connectivity index (χ1n) is 14.4. The average molecular weight is 555 g/mol. The van der Waals surface area contributed by atoms with E-state index in [2.05, 4.69) is 39.9 Å². The van der Waals surface area contributed by atoms with E-state index in [0.717, 1.165) is 35.4 Å². The minimum Gasteiger partial charge on any atom is -0.497 e. The van der Waals surface area contributed by atoms with E-state index in [9.17, 15) is 9.59 Å². The van der Waals surface area contributed by atoms with Crippen molar-refractivity contribution in [2.45, 2.75) is 103 Å². The quantitative estimate of drug-likeness (QED) is 0.309. The van der Waals surface area contributed by atoms with Crippen LogP contribution in [0.2, 0.25) is 18.1 Å². The SMILES string of the molecule is C/C=C1/C(=O)N2CC[C@@]34c5cc(OC)ccc5N(C(=O)OC(C)(C)C)[C@@]23CC[C@@H]1[C@H]4CO[Si](C)(C)C(C)(C)C. The summed E-state index contributed by atoms with van der Waals surface area (Å²) in [6.45, 7) is 20.1. The number of methoxy groups -OCH3 is 1. The van der Waals surface area contributed by atoms with Crippen molar-refractivity contribution >= 4 is 26.0 Å². The molecular weight excluding hydrogens is 508 g/mol.